The molecule has 1 aromatic rings. The van der Waals surface area contributed by atoms with Crippen LogP contribution < -0.4 is 9.80 Å². The molecular weight excluding hydrogens is 230 g/mol. The molecule has 0 saturated carbocycles. The number of rotatable bonds is 4. The summed E-state index contributed by atoms with van der Waals surface area (Å²) in [6.45, 7) is 4.84. The Morgan fingerprint density at radius 1 is 1.28 bits per heavy atom. The van der Waals surface area contributed by atoms with Gasteiger partial charge in [-0.05, 0) is 6.07 Å². The summed E-state index contributed by atoms with van der Waals surface area (Å²) in [5.41, 5.74) is 0. The molecule has 0 amide bonds. The van der Waals surface area contributed by atoms with E-state index < -0.39 is 0 Å². The van der Waals surface area contributed by atoms with Crippen molar-refractivity contribution in [2.75, 3.05) is 63.2 Å². The summed E-state index contributed by atoms with van der Waals surface area (Å²) in [5.74, 6) is 1.72. The maximum atomic E-state index is 8.92. The van der Waals surface area contributed by atoms with Gasteiger partial charge in [-0.1, -0.05) is 0 Å². The van der Waals surface area contributed by atoms with Gasteiger partial charge in [0.15, 0.2) is 0 Å². The van der Waals surface area contributed by atoms with Crippen molar-refractivity contribution in [1.82, 2.24) is 14.9 Å². The lowest BCUT2D eigenvalue weighted by molar-refractivity contribution is 0.188. The average molecular weight is 251 g/mol. The topological polar surface area (TPSA) is 55.7 Å². The molecule has 2 rings (SSSR count). The predicted molar refractivity (Wildman–Crippen MR) is 72.1 cm³/mol. The first-order chi connectivity index (χ1) is 8.70. The fraction of sp³-hybridized carbons (Fsp3) is 0.667. The highest BCUT2D eigenvalue weighted by Gasteiger charge is 2.17. The predicted octanol–water partition coefficient (Wildman–Crippen LogP) is -0.343. The lowest BCUT2D eigenvalue weighted by atomic mass is 10.3. The van der Waals surface area contributed by atoms with E-state index in [9.17, 15) is 0 Å². The van der Waals surface area contributed by atoms with Gasteiger partial charge in [-0.15, -0.1) is 0 Å². The number of hydrogen-bond donors (Lipinski definition) is 1. The first-order valence-corrected chi connectivity index (χ1v) is 6.29. The fourth-order valence-corrected chi connectivity index (χ4v) is 2.07. The highest BCUT2D eigenvalue weighted by Crippen LogP contribution is 2.15. The number of hydrogen-bond acceptors (Lipinski definition) is 6. The van der Waals surface area contributed by atoms with E-state index in [1.165, 1.54) is 0 Å². The number of β-amino-alcohol motifs (C(OH)–C–C–N with tert-alkyl or cyclic N) is 1. The summed E-state index contributed by atoms with van der Waals surface area (Å²) >= 11 is 0. The van der Waals surface area contributed by atoms with Crippen molar-refractivity contribution in [2.45, 2.75) is 0 Å². The van der Waals surface area contributed by atoms with E-state index in [1.807, 2.05) is 25.1 Å². The second-order valence-electron chi connectivity index (χ2n) is 4.66. The van der Waals surface area contributed by atoms with E-state index in [-0.39, 0.29) is 6.61 Å². The molecule has 0 atom stereocenters. The molecule has 1 aromatic heterocycles. The molecule has 0 bridgehead atoms. The zero-order chi connectivity index (χ0) is 13.0. The molecule has 6 nitrogen and oxygen atoms in total. The van der Waals surface area contributed by atoms with Gasteiger partial charge in [0.05, 0.1) is 6.61 Å². The number of piperazine rings is 1. The van der Waals surface area contributed by atoms with Crippen molar-refractivity contribution in [1.29, 1.82) is 0 Å². The normalized spacial score (nSPS) is 16.9. The first kappa shape index (κ1) is 13.0. The van der Waals surface area contributed by atoms with Crippen LogP contribution in [0.2, 0.25) is 0 Å². The van der Waals surface area contributed by atoms with Crippen molar-refractivity contribution in [3.63, 3.8) is 0 Å². The standard InChI is InChI=1S/C12H21N5O/c1-15(2)12-13-4-3-11(14-12)17-7-5-16(6-8-17)9-10-18/h3-4,18H,5-10H2,1-2H3. The van der Waals surface area contributed by atoms with Gasteiger partial charge < -0.3 is 14.9 Å². The van der Waals surface area contributed by atoms with Crippen molar-refractivity contribution < 1.29 is 5.11 Å². The van der Waals surface area contributed by atoms with Gasteiger partial charge >= 0.3 is 0 Å². The van der Waals surface area contributed by atoms with E-state index in [2.05, 4.69) is 19.8 Å². The maximum Gasteiger partial charge on any atom is 0.226 e. The van der Waals surface area contributed by atoms with Gasteiger partial charge in [0.2, 0.25) is 5.95 Å². The molecule has 6 heteroatoms. The van der Waals surface area contributed by atoms with Crippen LogP contribution in [0.1, 0.15) is 0 Å². The Bertz CT molecular complexity index is 376. The van der Waals surface area contributed by atoms with Crippen LogP contribution in [0.5, 0.6) is 0 Å². The molecule has 0 aromatic carbocycles. The second-order valence-corrected chi connectivity index (χ2v) is 4.66. The molecule has 100 valence electrons. The molecule has 1 aliphatic rings. The van der Waals surface area contributed by atoms with Crippen molar-refractivity contribution in [2.24, 2.45) is 0 Å². The molecule has 0 unspecified atom stereocenters. The second kappa shape index (κ2) is 5.97. The Hall–Kier alpha value is -1.40. The number of anilines is 2. The summed E-state index contributed by atoms with van der Waals surface area (Å²) < 4.78 is 0. The molecule has 18 heavy (non-hydrogen) atoms. The lowest BCUT2D eigenvalue weighted by Crippen LogP contribution is -2.47. The average Bonchev–Trinajstić information content (AvgIpc) is 2.40. The van der Waals surface area contributed by atoms with E-state index in [1.54, 1.807) is 6.20 Å². The summed E-state index contributed by atoms with van der Waals surface area (Å²) in [5, 5.41) is 8.92. The highest BCUT2D eigenvalue weighted by molar-refractivity contribution is 5.43. The lowest BCUT2D eigenvalue weighted by Gasteiger charge is -2.35. The Morgan fingerprint density at radius 3 is 2.61 bits per heavy atom. The SMILES string of the molecule is CN(C)c1nccc(N2CCN(CCO)CC2)n1. The molecule has 1 aliphatic heterocycles. The minimum Gasteiger partial charge on any atom is -0.395 e. The Labute approximate surface area is 108 Å². The fourth-order valence-electron chi connectivity index (χ4n) is 2.07. The summed E-state index contributed by atoms with van der Waals surface area (Å²) in [7, 11) is 3.89. The molecule has 0 radical (unpaired) electrons. The van der Waals surface area contributed by atoms with Crippen LogP contribution in [-0.4, -0.2) is 73.4 Å². The largest absolute Gasteiger partial charge is 0.395 e. The van der Waals surface area contributed by atoms with Gasteiger partial charge in [-0.2, -0.15) is 4.98 Å². The molecule has 0 aliphatic carbocycles. The smallest absolute Gasteiger partial charge is 0.226 e. The molecule has 1 saturated heterocycles. The van der Waals surface area contributed by atoms with E-state index in [0.717, 1.165) is 44.5 Å². The third-order valence-corrected chi connectivity index (χ3v) is 3.14. The van der Waals surface area contributed by atoms with Crippen LogP contribution >= 0.6 is 0 Å². The minimum absolute atomic E-state index is 0.234. The molecular formula is C12H21N5O. The van der Waals surface area contributed by atoms with Crippen LogP contribution in [0, 0.1) is 0 Å². The van der Waals surface area contributed by atoms with Gasteiger partial charge in [-0.3, -0.25) is 4.90 Å². The third kappa shape index (κ3) is 3.08. The number of nitrogens with zero attached hydrogens (tertiary/aromatic N) is 5. The van der Waals surface area contributed by atoms with Gasteiger partial charge in [-0.25, -0.2) is 4.98 Å². The van der Waals surface area contributed by atoms with Crippen LogP contribution in [0.15, 0.2) is 12.3 Å². The molecule has 2 heterocycles. The van der Waals surface area contributed by atoms with Crippen LogP contribution in [0.25, 0.3) is 0 Å². The van der Waals surface area contributed by atoms with Crippen molar-refractivity contribution in [3.05, 3.63) is 12.3 Å². The Balaban J connectivity index is 1.98. The third-order valence-electron chi connectivity index (χ3n) is 3.14. The van der Waals surface area contributed by atoms with Crippen molar-refractivity contribution >= 4 is 11.8 Å². The monoisotopic (exact) mass is 251 g/mol. The van der Waals surface area contributed by atoms with Crippen LogP contribution in [-0.2, 0) is 0 Å². The summed E-state index contributed by atoms with van der Waals surface area (Å²) in [4.78, 5) is 15.2. The first-order valence-electron chi connectivity index (χ1n) is 6.29. The van der Waals surface area contributed by atoms with E-state index >= 15 is 0 Å². The Morgan fingerprint density at radius 2 is 2.00 bits per heavy atom. The molecule has 1 fully saturated rings. The number of aliphatic hydroxyl groups excluding tert-OH is 1. The van der Waals surface area contributed by atoms with Crippen LogP contribution in [0.3, 0.4) is 0 Å². The van der Waals surface area contributed by atoms with E-state index in [4.69, 9.17) is 5.11 Å². The Kier molecular flexibility index (Phi) is 4.33. The molecule has 0 spiro atoms. The summed E-state index contributed by atoms with van der Waals surface area (Å²) in [6, 6.07) is 1.95. The zero-order valence-electron chi connectivity index (χ0n) is 11.1. The van der Waals surface area contributed by atoms with Gasteiger partial charge in [0, 0.05) is 53.0 Å². The van der Waals surface area contributed by atoms with Crippen LogP contribution in [0.4, 0.5) is 11.8 Å². The zero-order valence-corrected chi connectivity index (χ0v) is 11.1. The van der Waals surface area contributed by atoms with Gasteiger partial charge in [0.25, 0.3) is 0 Å². The maximum absolute atomic E-state index is 8.92. The minimum atomic E-state index is 0.234. The number of aliphatic hydroxyl groups is 1. The molecule has 1 N–H and O–H groups in total. The van der Waals surface area contributed by atoms with Gasteiger partial charge in [0.1, 0.15) is 5.82 Å². The quantitative estimate of drug-likeness (QED) is 0.790. The van der Waals surface area contributed by atoms with E-state index in [0.29, 0.717) is 0 Å². The highest BCUT2D eigenvalue weighted by atomic mass is 16.3. The number of aromatic nitrogens is 2. The summed E-state index contributed by atoms with van der Waals surface area (Å²) in [6.07, 6.45) is 1.80. The van der Waals surface area contributed by atoms with Crippen molar-refractivity contribution in [3.8, 4) is 0 Å².